The molecule has 0 saturated heterocycles. The van der Waals surface area contributed by atoms with Crippen molar-refractivity contribution in [3.63, 3.8) is 0 Å². The molecule has 0 aromatic heterocycles. The second-order valence-electron chi connectivity index (χ2n) is 5.96. The molecule has 0 bridgehead atoms. The Labute approximate surface area is 152 Å². The highest BCUT2D eigenvalue weighted by atomic mass is 16.5. The summed E-state index contributed by atoms with van der Waals surface area (Å²) in [4.78, 5) is 24.6. The molecule has 1 atom stereocenters. The lowest BCUT2D eigenvalue weighted by Gasteiger charge is -2.31. The van der Waals surface area contributed by atoms with Crippen LogP contribution in [0, 0.1) is 5.92 Å². The monoisotopic (exact) mass is 364 g/mol. The van der Waals surface area contributed by atoms with Gasteiger partial charge in [-0.25, -0.2) is 9.59 Å². The molecular weight excluding hydrogens is 340 g/mol. The van der Waals surface area contributed by atoms with Gasteiger partial charge in [-0.05, 0) is 23.6 Å². The van der Waals surface area contributed by atoms with E-state index in [1.165, 1.54) is 28.4 Å². The lowest BCUT2D eigenvalue weighted by molar-refractivity contribution is -0.136. The smallest absolute Gasteiger partial charge is 0.337 e. The van der Waals surface area contributed by atoms with E-state index in [2.05, 4.69) is 10.6 Å². The molecule has 2 N–H and O–H groups in total. The number of allylic oxidation sites excluding steroid dienone is 1. The van der Waals surface area contributed by atoms with Crippen molar-refractivity contribution in [3.05, 3.63) is 29.0 Å². The summed E-state index contributed by atoms with van der Waals surface area (Å²) in [5.74, 6) is 0.654. The fourth-order valence-corrected chi connectivity index (χ4v) is 2.90. The van der Waals surface area contributed by atoms with Crippen LogP contribution in [0.5, 0.6) is 17.2 Å². The highest BCUT2D eigenvalue weighted by molar-refractivity contribution is 5.95. The molecular formula is C18H24N2O6. The van der Waals surface area contributed by atoms with Crippen molar-refractivity contribution in [1.29, 1.82) is 0 Å². The summed E-state index contributed by atoms with van der Waals surface area (Å²) in [6.07, 6.45) is 0. The number of ether oxygens (including phenoxy) is 4. The minimum Gasteiger partial charge on any atom is -0.493 e. The number of amides is 2. The maximum absolute atomic E-state index is 12.4. The van der Waals surface area contributed by atoms with Crippen molar-refractivity contribution in [3.8, 4) is 17.2 Å². The van der Waals surface area contributed by atoms with Crippen molar-refractivity contribution in [2.24, 2.45) is 5.92 Å². The molecule has 0 radical (unpaired) electrons. The molecule has 1 aromatic rings. The highest BCUT2D eigenvalue weighted by Crippen LogP contribution is 2.42. The van der Waals surface area contributed by atoms with E-state index in [1.54, 1.807) is 12.1 Å². The number of methoxy groups -OCH3 is 4. The number of carbonyl (C=O) groups excluding carboxylic acids is 2. The molecule has 2 amide bonds. The number of rotatable bonds is 6. The first kappa shape index (κ1) is 19.4. The summed E-state index contributed by atoms with van der Waals surface area (Å²) in [6.45, 7) is 3.77. The third kappa shape index (κ3) is 3.54. The zero-order valence-corrected chi connectivity index (χ0v) is 15.8. The Balaban J connectivity index is 2.69. The second-order valence-corrected chi connectivity index (χ2v) is 5.96. The largest absolute Gasteiger partial charge is 0.493 e. The Bertz CT molecular complexity index is 716. The average molecular weight is 364 g/mol. The van der Waals surface area contributed by atoms with E-state index < -0.39 is 18.0 Å². The maximum Gasteiger partial charge on any atom is 0.337 e. The molecule has 26 heavy (non-hydrogen) atoms. The zero-order chi connectivity index (χ0) is 19.4. The van der Waals surface area contributed by atoms with Gasteiger partial charge in [0.1, 0.15) is 0 Å². The molecule has 1 aromatic carbocycles. The Morgan fingerprint density at radius 1 is 1.04 bits per heavy atom. The molecule has 1 aliphatic rings. The highest BCUT2D eigenvalue weighted by Gasteiger charge is 2.35. The summed E-state index contributed by atoms with van der Waals surface area (Å²) < 4.78 is 21.0. The van der Waals surface area contributed by atoms with Crippen LogP contribution in [-0.4, -0.2) is 40.4 Å². The summed E-state index contributed by atoms with van der Waals surface area (Å²) in [5, 5.41) is 5.46. The van der Waals surface area contributed by atoms with E-state index in [-0.39, 0.29) is 5.92 Å². The van der Waals surface area contributed by atoms with Crippen LogP contribution in [0.25, 0.3) is 0 Å². The zero-order valence-electron chi connectivity index (χ0n) is 15.8. The van der Waals surface area contributed by atoms with E-state index in [9.17, 15) is 9.59 Å². The normalized spacial score (nSPS) is 16.7. The van der Waals surface area contributed by atoms with Crippen molar-refractivity contribution in [2.75, 3.05) is 28.4 Å². The van der Waals surface area contributed by atoms with E-state index >= 15 is 0 Å². The Morgan fingerprint density at radius 2 is 1.62 bits per heavy atom. The molecule has 1 unspecified atom stereocenters. The van der Waals surface area contributed by atoms with Gasteiger partial charge in [0.25, 0.3) is 0 Å². The predicted molar refractivity (Wildman–Crippen MR) is 94.4 cm³/mol. The molecule has 0 spiro atoms. The van der Waals surface area contributed by atoms with Crippen LogP contribution in [0.15, 0.2) is 23.4 Å². The minimum atomic E-state index is -0.720. The average Bonchev–Trinajstić information content (AvgIpc) is 2.65. The van der Waals surface area contributed by atoms with Gasteiger partial charge in [-0.1, -0.05) is 13.8 Å². The number of benzene rings is 1. The van der Waals surface area contributed by atoms with Gasteiger partial charge in [-0.15, -0.1) is 0 Å². The number of urea groups is 1. The molecule has 0 aliphatic carbocycles. The van der Waals surface area contributed by atoms with Gasteiger partial charge in [0.05, 0.1) is 40.1 Å². The van der Waals surface area contributed by atoms with Crippen LogP contribution in [0.4, 0.5) is 4.79 Å². The fourth-order valence-electron chi connectivity index (χ4n) is 2.90. The SMILES string of the molecule is COC(=O)C1=C(C(C)C)NC(=O)NC1c1cc(OC)c(OC)c(OC)c1. The molecule has 142 valence electrons. The van der Waals surface area contributed by atoms with Crippen LogP contribution in [0.2, 0.25) is 0 Å². The van der Waals surface area contributed by atoms with Gasteiger partial charge < -0.3 is 29.6 Å². The van der Waals surface area contributed by atoms with E-state index in [0.717, 1.165) is 0 Å². The van der Waals surface area contributed by atoms with Gasteiger partial charge in [0.2, 0.25) is 5.75 Å². The number of esters is 1. The standard InChI is InChI=1S/C18H24N2O6/c1-9(2)14-13(17(21)26-6)15(20-18(22)19-14)10-7-11(23-3)16(25-5)12(8-10)24-4/h7-9,15H,1-6H3,(H2,19,20,22). The van der Waals surface area contributed by atoms with Crippen LogP contribution in [0.3, 0.4) is 0 Å². The maximum atomic E-state index is 12.4. The molecule has 1 aliphatic heterocycles. The summed E-state index contributed by atoms with van der Waals surface area (Å²) in [7, 11) is 5.80. The van der Waals surface area contributed by atoms with Gasteiger partial charge in [-0.3, -0.25) is 0 Å². The number of hydrogen-bond donors (Lipinski definition) is 2. The Hall–Kier alpha value is -2.90. The van der Waals surface area contributed by atoms with Crippen LogP contribution < -0.4 is 24.8 Å². The van der Waals surface area contributed by atoms with Gasteiger partial charge in [0.15, 0.2) is 11.5 Å². The van der Waals surface area contributed by atoms with Crippen molar-refractivity contribution in [2.45, 2.75) is 19.9 Å². The van der Waals surface area contributed by atoms with E-state index in [1.807, 2.05) is 13.8 Å². The van der Waals surface area contributed by atoms with E-state index in [0.29, 0.717) is 34.1 Å². The third-order valence-corrected chi connectivity index (χ3v) is 4.11. The van der Waals surface area contributed by atoms with Crippen LogP contribution >= 0.6 is 0 Å². The van der Waals surface area contributed by atoms with Gasteiger partial charge >= 0.3 is 12.0 Å². The molecule has 0 fully saturated rings. The third-order valence-electron chi connectivity index (χ3n) is 4.11. The molecule has 1 heterocycles. The number of hydrogen-bond acceptors (Lipinski definition) is 6. The first-order chi connectivity index (χ1) is 12.4. The summed E-state index contributed by atoms with van der Waals surface area (Å²) in [6, 6.07) is 2.26. The quantitative estimate of drug-likeness (QED) is 0.751. The molecule has 2 rings (SSSR count). The summed E-state index contributed by atoms with van der Waals surface area (Å²) >= 11 is 0. The van der Waals surface area contributed by atoms with Crippen LogP contribution in [-0.2, 0) is 9.53 Å². The minimum absolute atomic E-state index is 0.0836. The van der Waals surface area contributed by atoms with Crippen molar-refractivity contribution < 1.29 is 28.5 Å². The summed E-state index contributed by atoms with van der Waals surface area (Å²) in [5.41, 5.74) is 1.45. The van der Waals surface area contributed by atoms with E-state index in [4.69, 9.17) is 18.9 Å². The lowest BCUT2D eigenvalue weighted by Crippen LogP contribution is -2.47. The van der Waals surface area contributed by atoms with Gasteiger partial charge in [-0.2, -0.15) is 0 Å². The number of carbonyl (C=O) groups is 2. The topological polar surface area (TPSA) is 95.1 Å². The lowest BCUT2D eigenvalue weighted by atomic mass is 9.91. The Morgan fingerprint density at radius 3 is 2.04 bits per heavy atom. The van der Waals surface area contributed by atoms with Gasteiger partial charge in [0, 0.05) is 5.70 Å². The molecule has 8 nitrogen and oxygen atoms in total. The molecule has 8 heteroatoms. The van der Waals surface area contributed by atoms with Crippen molar-refractivity contribution >= 4 is 12.0 Å². The Kier molecular flexibility index (Phi) is 5.97. The second kappa shape index (κ2) is 7.99. The first-order valence-corrected chi connectivity index (χ1v) is 8.07. The van der Waals surface area contributed by atoms with Crippen LogP contribution in [0.1, 0.15) is 25.5 Å². The fraction of sp³-hybridized carbons (Fsp3) is 0.444. The molecule has 0 saturated carbocycles. The first-order valence-electron chi connectivity index (χ1n) is 8.07. The number of nitrogens with one attached hydrogen (secondary N) is 2. The van der Waals surface area contributed by atoms with Crippen molar-refractivity contribution in [1.82, 2.24) is 10.6 Å². The predicted octanol–water partition coefficient (Wildman–Crippen LogP) is 2.15.